The van der Waals surface area contributed by atoms with Gasteiger partial charge in [0.25, 0.3) is 0 Å². The number of aliphatic hydroxyl groups is 1. The molecule has 3 nitrogen and oxygen atoms in total. The molecule has 0 aliphatic heterocycles. The highest BCUT2D eigenvalue weighted by Gasteiger charge is 2.25. The van der Waals surface area contributed by atoms with E-state index < -0.39 is 0 Å². The van der Waals surface area contributed by atoms with E-state index in [1.165, 1.54) is 5.82 Å². The van der Waals surface area contributed by atoms with Crippen molar-refractivity contribution in [2.24, 2.45) is 0 Å². The summed E-state index contributed by atoms with van der Waals surface area (Å²) < 4.78 is 2.25. The minimum Gasteiger partial charge on any atom is -0.393 e. The van der Waals surface area contributed by atoms with Crippen LogP contribution in [-0.4, -0.2) is 20.8 Å². The van der Waals surface area contributed by atoms with E-state index >= 15 is 0 Å². The van der Waals surface area contributed by atoms with E-state index in [9.17, 15) is 5.11 Å². The molecule has 2 unspecified atom stereocenters. The summed E-state index contributed by atoms with van der Waals surface area (Å²) in [6.45, 7) is 2.17. The fourth-order valence-electron chi connectivity index (χ4n) is 2.28. The molecule has 78 valence electrons. The van der Waals surface area contributed by atoms with Crippen LogP contribution in [-0.2, 0) is 6.42 Å². The fraction of sp³-hybridized carbons (Fsp3) is 0.727. The van der Waals surface area contributed by atoms with E-state index in [-0.39, 0.29) is 6.10 Å². The Balaban J connectivity index is 2.11. The maximum absolute atomic E-state index is 9.49. The Labute approximate surface area is 84.8 Å². The van der Waals surface area contributed by atoms with Crippen LogP contribution in [0.25, 0.3) is 0 Å². The molecule has 0 saturated heterocycles. The largest absolute Gasteiger partial charge is 0.393 e. The van der Waals surface area contributed by atoms with Crippen molar-refractivity contribution in [1.82, 2.24) is 9.55 Å². The summed E-state index contributed by atoms with van der Waals surface area (Å²) in [5.41, 5.74) is 0. The van der Waals surface area contributed by atoms with E-state index in [1.807, 2.05) is 12.4 Å². The number of hydrogen-bond acceptors (Lipinski definition) is 2. The molecule has 2 atom stereocenters. The van der Waals surface area contributed by atoms with Crippen molar-refractivity contribution in [3.8, 4) is 0 Å². The smallest absolute Gasteiger partial charge is 0.108 e. The zero-order chi connectivity index (χ0) is 9.97. The number of aryl methyl sites for hydroxylation is 1. The first-order valence-electron chi connectivity index (χ1n) is 5.51. The maximum Gasteiger partial charge on any atom is 0.108 e. The molecule has 1 fully saturated rings. The topological polar surface area (TPSA) is 38.0 Å². The van der Waals surface area contributed by atoms with Crippen molar-refractivity contribution in [2.45, 2.75) is 51.2 Å². The fourth-order valence-corrected chi connectivity index (χ4v) is 2.28. The Bertz CT molecular complexity index is 295. The van der Waals surface area contributed by atoms with Crippen molar-refractivity contribution in [2.75, 3.05) is 0 Å². The minimum absolute atomic E-state index is 0.100. The van der Waals surface area contributed by atoms with Gasteiger partial charge in [-0.25, -0.2) is 4.98 Å². The van der Waals surface area contributed by atoms with Crippen LogP contribution < -0.4 is 0 Å². The van der Waals surface area contributed by atoms with Crippen LogP contribution in [0.3, 0.4) is 0 Å². The predicted molar refractivity (Wildman–Crippen MR) is 55.1 cm³/mol. The second kappa shape index (κ2) is 4.13. The maximum atomic E-state index is 9.49. The molecule has 0 aromatic carbocycles. The molecule has 0 radical (unpaired) electrons. The van der Waals surface area contributed by atoms with Gasteiger partial charge in [0.2, 0.25) is 0 Å². The van der Waals surface area contributed by atoms with Gasteiger partial charge in [0.1, 0.15) is 5.82 Å². The molecule has 1 saturated carbocycles. The van der Waals surface area contributed by atoms with Crippen LogP contribution in [0.5, 0.6) is 0 Å². The lowest BCUT2D eigenvalue weighted by Gasteiger charge is -2.14. The first-order chi connectivity index (χ1) is 6.81. The van der Waals surface area contributed by atoms with Gasteiger partial charge in [-0.2, -0.15) is 0 Å². The van der Waals surface area contributed by atoms with Gasteiger partial charge in [-0.3, -0.25) is 0 Å². The Morgan fingerprint density at radius 2 is 2.43 bits per heavy atom. The monoisotopic (exact) mass is 194 g/mol. The molecule has 1 aliphatic rings. The lowest BCUT2D eigenvalue weighted by molar-refractivity contribution is 0.178. The normalized spacial score (nSPS) is 27.0. The van der Waals surface area contributed by atoms with Crippen LogP contribution >= 0.6 is 0 Å². The van der Waals surface area contributed by atoms with Crippen LogP contribution in [0.2, 0.25) is 0 Å². The molecule has 1 N–H and O–H groups in total. The molecule has 3 heteroatoms. The molecule has 1 aromatic rings. The molecule has 2 rings (SSSR count). The average Bonchev–Trinajstić information content (AvgIpc) is 2.74. The number of rotatable bonds is 3. The molecule has 1 aliphatic carbocycles. The van der Waals surface area contributed by atoms with Gasteiger partial charge >= 0.3 is 0 Å². The Morgan fingerprint density at radius 1 is 1.57 bits per heavy atom. The third-order valence-electron chi connectivity index (χ3n) is 2.99. The van der Waals surface area contributed by atoms with Gasteiger partial charge in [-0.1, -0.05) is 6.92 Å². The first-order valence-corrected chi connectivity index (χ1v) is 5.51. The third-order valence-corrected chi connectivity index (χ3v) is 2.99. The van der Waals surface area contributed by atoms with Gasteiger partial charge in [0.05, 0.1) is 6.10 Å². The lowest BCUT2D eigenvalue weighted by Crippen LogP contribution is -2.10. The number of imidazole rings is 1. The van der Waals surface area contributed by atoms with Crippen molar-refractivity contribution in [3.63, 3.8) is 0 Å². The van der Waals surface area contributed by atoms with E-state index in [0.717, 1.165) is 32.1 Å². The van der Waals surface area contributed by atoms with Crippen LogP contribution in [0.15, 0.2) is 12.4 Å². The highest BCUT2D eigenvalue weighted by Crippen LogP contribution is 2.30. The predicted octanol–water partition coefficient (Wildman–Crippen LogP) is 1.92. The summed E-state index contributed by atoms with van der Waals surface area (Å²) in [6, 6.07) is 0.481. The molecular weight excluding hydrogens is 176 g/mol. The van der Waals surface area contributed by atoms with Crippen molar-refractivity contribution < 1.29 is 5.11 Å². The Kier molecular flexibility index (Phi) is 2.87. The zero-order valence-electron chi connectivity index (χ0n) is 8.69. The van der Waals surface area contributed by atoms with Gasteiger partial charge in [0, 0.05) is 24.9 Å². The summed E-state index contributed by atoms with van der Waals surface area (Å²) in [4.78, 5) is 4.36. The van der Waals surface area contributed by atoms with Gasteiger partial charge < -0.3 is 9.67 Å². The average molecular weight is 194 g/mol. The van der Waals surface area contributed by atoms with Gasteiger partial charge in [-0.05, 0) is 25.7 Å². The van der Waals surface area contributed by atoms with Crippen LogP contribution in [0.4, 0.5) is 0 Å². The van der Waals surface area contributed by atoms with E-state index in [0.29, 0.717) is 6.04 Å². The number of nitrogens with zero attached hydrogens (tertiary/aromatic N) is 2. The molecule has 0 bridgehead atoms. The van der Waals surface area contributed by atoms with E-state index in [4.69, 9.17) is 0 Å². The first kappa shape index (κ1) is 9.71. The Hall–Kier alpha value is -0.830. The molecular formula is C11H18N2O. The Morgan fingerprint density at radius 3 is 3.07 bits per heavy atom. The van der Waals surface area contributed by atoms with Crippen LogP contribution in [0, 0.1) is 0 Å². The van der Waals surface area contributed by atoms with Gasteiger partial charge in [0.15, 0.2) is 0 Å². The SMILES string of the molecule is CCCc1nccn1C1CCC(O)C1. The van der Waals surface area contributed by atoms with E-state index in [2.05, 4.69) is 16.5 Å². The van der Waals surface area contributed by atoms with Gasteiger partial charge in [-0.15, -0.1) is 0 Å². The number of hydrogen-bond donors (Lipinski definition) is 1. The van der Waals surface area contributed by atoms with Crippen molar-refractivity contribution in [3.05, 3.63) is 18.2 Å². The summed E-state index contributed by atoms with van der Waals surface area (Å²) in [5, 5.41) is 9.49. The summed E-state index contributed by atoms with van der Waals surface area (Å²) in [5.74, 6) is 1.17. The van der Waals surface area contributed by atoms with Crippen molar-refractivity contribution >= 4 is 0 Å². The molecule has 0 amide bonds. The number of aliphatic hydroxyl groups excluding tert-OH is 1. The summed E-state index contributed by atoms with van der Waals surface area (Å²) >= 11 is 0. The number of aromatic nitrogens is 2. The zero-order valence-corrected chi connectivity index (χ0v) is 8.69. The van der Waals surface area contributed by atoms with Crippen molar-refractivity contribution in [1.29, 1.82) is 0 Å². The summed E-state index contributed by atoms with van der Waals surface area (Å²) in [6.07, 6.45) is 8.92. The minimum atomic E-state index is -0.100. The lowest BCUT2D eigenvalue weighted by atomic mass is 10.2. The molecule has 14 heavy (non-hydrogen) atoms. The highest BCUT2D eigenvalue weighted by atomic mass is 16.3. The summed E-state index contributed by atoms with van der Waals surface area (Å²) in [7, 11) is 0. The third kappa shape index (κ3) is 1.82. The van der Waals surface area contributed by atoms with E-state index in [1.54, 1.807) is 0 Å². The molecule has 0 spiro atoms. The second-order valence-corrected chi connectivity index (χ2v) is 4.12. The quantitative estimate of drug-likeness (QED) is 0.798. The highest BCUT2D eigenvalue weighted by molar-refractivity contribution is 4.97. The molecule has 1 heterocycles. The molecule has 1 aromatic heterocycles. The van der Waals surface area contributed by atoms with Crippen LogP contribution in [0.1, 0.15) is 44.5 Å². The standard InChI is InChI=1S/C11H18N2O/c1-2-3-11-12-6-7-13(11)9-4-5-10(14)8-9/h6-7,9-10,14H,2-5,8H2,1H3. The second-order valence-electron chi connectivity index (χ2n) is 4.12.